The minimum absolute atomic E-state index is 0.303. The lowest BCUT2D eigenvalue weighted by Crippen LogP contribution is -1.94. The summed E-state index contributed by atoms with van der Waals surface area (Å²) < 4.78 is 20.2. The van der Waals surface area contributed by atoms with Crippen LogP contribution in [-0.4, -0.2) is 9.78 Å². The van der Waals surface area contributed by atoms with Gasteiger partial charge in [0.2, 0.25) is 0 Å². The number of benzene rings is 2. The van der Waals surface area contributed by atoms with Crippen LogP contribution in [0.2, 0.25) is 0 Å². The molecule has 0 bridgehead atoms. The summed E-state index contributed by atoms with van der Waals surface area (Å²) in [6.07, 6.45) is 1.74. The second-order valence-corrected chi connectivity index (χ2v) is 4.27. The highest BCUT2D eigenvalue weighted by molar-refractivity contribution is 5.85. The highest BCUT2D eigenvalue weighted by atomic mass is 19.1. The third kappa shape index (κ3) is 2.10. The minimum Gasteiger partial charge on any atom is -0.455 e. The molecule has 0 amide bonds. The van der Waals surface area contributed by atoms with E-state index in [-0.39, 0.29) is 5.82 Å². The zero-order chi connectivity index (χ0) is 13.4. The Morgan fingerprint density at radius 2 is 1.95 bits per heavy atom. The lowest BCUT2D eigenvalue weighted by atomic mass is 10.2. The molecule has 3 rings (SSSR count). The monoisotopic (exact) mass is 257 g/mol. The number of ether oxygens (including phenoxy) is 1. The number of hydrogen-bond acceptors (Lipinski definition) is 3. The molecule has 0 unspecified atom stereocenters. The summed E-state index contributed by atoms with van der Waals surface area (Å²) in [5, 5.41) is 5.10. The van der Waals surface area contributed by atoms with Gasteiger partial charge in [-0.25, -0.2) is 4.39 Å². The summed E-state index contributed by atoms with van der Waals surface area (Å²) in [6, 6.07) is 9.43. The molecule has 0 spiro atoms. The zero-order valence-electron chi connectivity index (χ0n) is 10.3. The molecule has 0 saturated heterocycles. The SMILES string of the molecule is Cn1ncc2cc(N)c(Oc3ccc(F)cc3)cc21. The van der Waals surface area contributed by atoms with Crippen molar-refractivity contribution in [2.45, 2.75) is 0 Å². The Morgan fingerprint density at radius 3 is 2.68 bits per heavy atom. The van der Waals surface area contributed by atoms with Gasteiger partial charge in [0.1, 0.15) is 11.6 Å². The van der Waals surface area contributed by atoms with Crippen LogP contribution in [0.4, 0.5) is 10.1 Å². The number of aryl methyl sites for hydroxylation is 1. The van der Waals surface area contributed by atoms with Crippen LogP contribution in [0.15, 0.2) is 42.6 Å². The fourth-order valence-electron chi connectivity index (χ4n) is 1.92. The number of hydrogen-bond donors (Lipinski definition) is 1. The average Bonchev–Trinajstić information content (AvgIpc) is 2.74. The molecule has 0 saturated carbocycles. The van der Waals surface area contributed by atoms with E-state index >= 15 is 0 Å². The Bertz CT molecular complexity index is 734. The van der Waals surface area contributed by atoms with Gasteiger partial charge in [-0.05, 0) is 30.3 Å². The van der Waals surface area contributed by atoms with Crippen molar-refractivity contribution >= 4 is 16.6 Å². The molecule has 0 aliphatic heterocycles. The van der Waals surface area contributed by atoms with Crippen molar-refractivity contribution in [3.8, 4) is 11.5 Å². The Labute approximate surface area is 109 Å². The van der Waals surface area contributed by atoms with Gasteiger partial charge < -0.3 is 10.5 Å². The Hall–Kier alpha value is -2.56. The van der Waals surface area contributed by atoms with Crippen LogP contribution in [0.3, 0.4) is 0 Å². The maximum Gasteiger partial charge on any atom is 0.152 e. The molecule has 1 aromatic heterocycles. The summed E-state index contributed by atoms with van der Waals surface area (Å²) in [5.41, 5.74) is 7.38. The van der Waals surface area contributed by atoms with Gasteiger partial charge in [0.05, 0.1) is 17.4 Å². The van der Waals surface area contributed by atoms with Crippen molar-refractivity contribution in [1.82, 2.24) is 9.78 Å². The third-order valence-corrected chi connectivity index (χ3v) is 2.92. The number of anilines is 1. The summed E-state index contributed by atoms with van der Waals surface area (Å²) in [6.45, 7) is 0. The predicted molar refractivity (Wildman–Crippen MR) is 71.6 cm³/mol. The highest BCUT2D eigenvalue weighted by Gasteiger charge is 2.08. The van der Waals surface area contributed by atoms with Crippen molar-refractivity contribution in [3.05, 3.63) is 48.4 Å². The number of fused-ring (bicyclic) bond motifs is 1. The third-order valence-electron chi connectivity index (χ3n) is 2.92. The van der Waals surface area contributed by atoms with Crippen molar-refractivity contribution in [3.63, 3.8) is 0 Å². The molecule has 3 aromatic rings. The van der Waals surface area contributed by atoms with Crippen LogP contribution >= 0.6 is 0 Å². The summed E-state index contributed by atoms with van der Waals surface area (Å²) >= 11 is 0. The Balaban J connectivity index is 2.02. The minimum atomic E-state index is -0.303. The molecular weight excluding hydrogens is 245 g/mol. The molecule has 0 radical (unpaired) electrons. The lowest BCUT2D eigenvalue weighted by molar-refractivity contribution is 0.483. The summed E-state index contributed by atoms with van der Waals surface area (Å²) in [5.74, 6) is 0.764. The number of nitrogen functional groups attached to an aromatic ring is 1. The van der Waals surface area contributed by atoms with Gasteiger partial charge in [0.15, 0.2) is 5.75 Å². The Morgan fingerprint density at radius 1 is 1.21 bits per heavy atom. The zero-order valence-corrected chi connectivity index (χ0v) is 10.3. The molecule has 2 N–H and O–H groups in total. The maximum absolute atomic E-state index is 12.8. The molecule has 0 aliphatic rings. The Kier molecular flexibility index (Phi) is 2.59. The van der Waals surface area contributed by atoms with E-state index in [1.54, 1.807) is 29.1 Å². The van der Waals surface area contributed by atoms with Crippen LogP contribution in [0, 0.1) is 5.82 Å². The van der Waals surface area contributed by atoms with Gasteiger partial charge in [-0.3, -0.25) is 4.68 Å². The van der Waals surface area contributed by atoms with Gasteiger partial charge in [-0.1, -0.05) is 0 Å². The molecule has 0 aliphatic carbocycles. The van der Waals surface area contributed by atoms with Gasteiger partial charge >= 0.3 is 0 Å². The van der Waals surface area contributed by atoms with Gasteiger partial charge in [0.25, 0.3) is 0 Å². The number of aromatic nitrogens is 2. The quantitative estimate of drug-likeness (QED) is 0.718. The van der Waals surface area contributed by atoms with E-state index in [9.17, 15) is 4.39 Å². The molecule has 1 heterocycles. The smallest absolute Gasteiger partial charge is 0.152 e. The molecule has 5 heteroatoms. The number of nitrogens with zero attached hydrogens (tertiary/aromatic N) is 2. The lowest BCUT2D eigenvalue weighted by Gasteiger charge is -2.09. The van der Waals surface area contributed by atoms with E-state index in [0.717, 1.165) is 10.9 Å². The molecule has 0 atom stereocenters. The molecule has 0 fully saturated rings. The van der Waals surface area contributed by atoms with Crippen molar-refractivity contribution in [1.29, 1.82) is 0 Å². The topological polar surface area (TPSA) is 53.1 Å². The second-order valence-electron chi connectivity index (χ2n) is 4.27. The largest absolute Gasteiger partial charge is 0.455 e. The van der Waals surface area contributed by atoms with Gasteiger partial charge in [0, 0.05) is 18.5 Å². The van der Waals surface area contributed by atoms with E-state index in [1.807, 2.05) is 13.1 Å². The fraction of sp³-hybridized carbons (Fsp3) is 0.0714. The molecule has 96 valence electrons. The van der Waals surface area contributed by atoms with Crippen LogP contribution in [0.5, 0.6) is 11.5 Å². The van der Waals surface area contributed by atoms with E-state index in [2.05, 4.69) is 5.10 Å². The first-order chi connectivity index (χ1) is 9.13. The first kappa shape index (κ1) is 11.5. The summed E-state index contributed by atoms with van der Waals surface area (Å²) in [4.78, 5) is 0. The maximum atomic E-state index is 12.8. The van der Waals surface area contributed by atoms with E-state index in [1.165, 1.54) is 12.1 Å². The standard InChI is InChI=1S/C14H12FN3O/c1-18-13-7-14(12(16)6-9(13)8-17-18)19-11-4-2-10(15)3-5-11/h2-8H,16H2,1H3. The van der Waals surface area contributed by atoms with Crippen LogP contribution < -0.4 is 10.5 Å². The highest BCUT2D eigenvalue weighted by Crippen LogP contribution is 2.31. The van der Waals surface area contributed by atoms with Crippen molar-refractivity contribution < 1.29 is 9.13 Å². The number of rotatable bonds is 2. The van der Waals surface area contributed by atoms with Crippen molar-refractivity contribution in [2.75, 3.05) is 5.73 Å². The predicted octanol–water partition coefficient (Wildman–Crippen LogP) is 3.09. The molecule has 4 nitrogen and oxygen atoms in total. The van der Waals surface area contributed by atoms with Crippen LogP contribution in [-0.2, 0) is 7.05 Å². The van der Waals surface area contributed by atoms with E-state index in [0.29, 0.717) is 17.2 Å². The first-order valence-corrected chi connectivity index (χ1v) is 5.78. The average molecular weight is 257 g/mol. The number of halogens is 1. The molecular formula is C14H12FN3O. The second kappa shape index (κ2) is 4.28. The normalized spacial score (nSPS) is 10.8. The molecule has 2 aromatic carbocycles. The van der Waals surface area contributed by atoms with E-state index in [4.69, 9.17) is 10.5 Å². The van der Waals surface area contributed by atoms with Crippen LogP contribution in [0.1, 0.15) is 0 Å². The van der Waals surface area contributed by atoms with Gasteiger partial charge in [-0.15, -0.1) is 0 Å². The molecule has 19 heavy (non-hydrogen) atoms. The van der Waals surface area contributed by atoms with Crippen LogP contribution in [0.25, 0.3) is 10.9 Å². The van der Waals surface area contributed by atoms with E-state index < -0.39 is 0 Å². The van der Waals surface area contributed by atoms with Gasteiger partial charge in [-0.2, -0.15) is 5.10 Å². The number of nitrogens with two attached hydrogens (primary N) is 1. The van der Waals surface area contributed by atoms with Crippen molar-refractivity contribution in [2.24, 2.45) is 7.05 Å². The summed E-state index contributed by atoms with van der Waals surface area (Å²) in [7, 11) is 1.85. The fourth-order valence-corrected chi connectivity index (χ4v) is 1.92. The first-order valence-electron chi connectivity index (χ1n) is 5.78.